The third kappa shape index (κ3) is 3.83. The molecule has 1 saturated carbocycles. The van der Waals surface area contributed by atoms with Crippen LogP contribution in [0.15, 0.2) is 0 Å². The van der Waals surface area contributed by atoms with Crippen molar-refractivity contribution < 1.29 is 14.7 Å². The minimum Gasteiger partial charge on any atom is -0.481 e. The van der Waals surface area contributed by atoms with Crippen molar-refractivity contribution in [3.63, 3.8) is 0 Å². The third-order valence-electron chi connectivity index (χ3n) is 3.13. The van der Waals surface area contributed by atoms with Gasteiger partial charge in [0.25, 0.3) is 0 Å². The molecule has 0 aromatic heterocycles. The average molecular weight is 227 g/mol. The van der Waals surface area contributed by atoms with Crippen molar-refractivity contribution in [2.75, 3.05) is 6.54 Å². The number of hydrogen-bond donors (Lipinski definition) is 2. The van der Waals surface area contributed by atoms with Crippen LogP contribution < -0.4 is 5.32 Å². The minimum absolute atomic E-state index is 0.0225. The predicted octanol–water partition coefficient (Wildman–Crippen LogP) is 1.65. The largest absolute Gasteiger partial charge is 0.481 e. The number of rotatable bonds is 4. The van der Waals surface area contributed by atoms with Gasteiger partial charge >= 0.3 is 5.97 Å². The summed E-state index contributed by atoms with van der Waals surface area (Å²) in [5.41, 5.74) is 0. The van der Waals surface area contributed by atoms with Crippen LogP contribution in [0, 0.1) is 17.8 Å². The number of carboxylic acids is 1. The van der Waals surface area contributed by atoms with Gasteiger partial charge in [-0.1, -0.05) is 13.8 Å². The predicted molar refractivity (Wildman–Crippen MR) is 60.9 cm³/mol. The quantitative estimate of drug-likeness (QED) is 0.767. The number of carbonyl (C=O) groups is 2. The molecule has 0 spiro atoms. The molecule has 0 atom stereocenters. The lowest BCUT2D eigenvalue weighted by molar-refractivity contribution is -0.144. The Morgan fingerprint density at radius 2 is 1.69 bits per heavy atom. The van der Waals surface area contributed by atoms with Crippen molar-refractivity contribution in [2.24, 2.45) is 17.8 Å². The summed E-state index contributed by atoms with van der Waals surface area (Å²) in [6.45, 7) is 4.82. The van der Waals surface area contributed by atoms with Crippen molar-refractivity contribution in [1.82, 2.24) is 5.32 Å². The van der Waals surface area contributed by atoms with Crippen LogP contribution >= 0.6 is 0 Å². The second-order valence-corrected chi connectivity index (χ2v) is 5.03. The molecule has 1 aliphatic rings. The number of carboxylic acid groups (broad SMARTS) is 1. The van der Waals surface area contributed by atoms with E-state index in [9.17, 15) is 9.59 Å². The summed E-state index contributed by atoms with van der Waals surface area (Å²) in [6.07, 6.45) is 2.69. The molecule has 0 aliphatic heterocycles. The monoisotopic (exact) mass is 227 g/mol. The molecular weight excluding hydrogens is 206 g/mol. The topological polar surface area (TPSA) is 66.4 Å². The van der Waals surface area contributed by atoms with Gasteiger partial charge in [-0.25, -0.2) is 0 Å². The van der Waals surface area contributed by atoms with Gasteiger partial charge in [0, 0.05) is 12.5 Å². The Kier molecular flexibility index (Phi) is 4.77. The Morgan fingerprint density at radius 1 is 1.19 bits per heavy atom. The maximum Gasteiger partial charge on any atom is 0.306 e. The smallest absolute Gasteiger partial charge is 0.306 e. The molecule has 0 aromatic rings. The Morgan fingerprint density at radius 3 is 2.12 bits per heavy atom. The van der Waals surface area contributed by atoms with Crippen LogP contribution in [0.2, 0.25) is 0 Å². The van der Waals surface area contributed by atoms with Crippen molar-refractivity contribution in [3.8, 4) is 0 Å². The summed E-state index contributed by atoms with van der Waals surface area (Å²) in [5, 5.41) is 11.7. The first-order chi connectivity index (χ1) is 7.50. The number of amides is 1. The van der Waals surface area contributed by atoms with Crippen LogP contribution in [-0.4, -0.2) is 23.5 Å². The summed E-state index contributed by atoms with van der Waals surface area (Å²) >= 11 is 0. The fraction of sp³-hybridized carbons (Fsp3) is 0.833. The molecule has 2 N–H and O–H groups in total. The number of aliphatic carboxylic acids is 1. The number of nitrogens with one attached hydrogen (secondary N) is 1. The van der Waals surface area contributed by atoms with E-state index in [2.05, 4.69) is 19.2 Å². The van der Waals surface area contributed by atoms with Gasteiger partial charge in [0.2, 0.25) is 5.91 Å². The Balaban J connectivity index is 2.30. The van der Waals surface area contributed by atoms with Crippen molar-refractivity contribution in [3.05, 3.63) is 0 Å². The Bertz CT molecular complexity index is 255. The second-order valence-electron chi connectivity index (χ2n) is 5.03. The molecule has 1 rings (SSSR count). The molecule has 0 unspecified atom stereocenters. The second kappa shape index (κ2) is 5.87. The lowest BCUT2D eigenvalue weighted by Crippen LogP contribution is -2.36. The molecule has 0 saturated heterocycles. The van der Waals surface area contributed by atoms with E-state index in [0.29, 0.717) is 38.1 Å². The van der Waals surface area contributed by atoms with Crippen molar-refractivity contribution >= 4 is 11.9 Å². The van der Waals surface area contributed by atoms with E-state index in [-0.39, 0.29) is 17.7 Å². The molecule has 4 nitrogen and oxygen atoms in total. The van der Waals surface area contributed by atoms with Crippen molar-refractivity contribution in [1.29, 1.82) is 0 Å². The zero-order chi connectivity index (χ0) is 12.1. The van der Waals surface area contributed by atoms with E-state index in [1.165, 1.54) is 0 Å². The average Bonchev–Trinajstić information content (AvgIpc) is 2.26. The first kappa shape index (κ1) is 13.0. The summed E-state index contributed by atoms with van der Waals surface area (Å²) < 4.78 is 0. The normalized spacial score (nSPS) is 25.4. The fourth-order valence-electron chi connectivity index (χ4n) is 2.05. The zero-order valence-corrected chi connectivity index (χ0v) is 10.0. The highest BCUT2D eigenvalue weighted by atomic mass is 16.4. The third-order valence-corrected chi connectivity index (χ3v) is 3.13. The lowest BCUT2D eigenvalue weighted by atomic mass is 9.81. The standard InChI is InChI=1S/C12H21NO3/c1-8(2)7-13-11(14)9-3-5-10(6-4-9)12(15)16/h8-10H,3-7H2,1-2H3,(H,13,14)(H,15,16). The van der Waals surface area contributed by atoms with E-state index >= 15 is 0 Å². The highest BCUT2D eigenvalue weighted by Gasteiger charge is 2.29. The molecule has 1 aliphatic carbocycles. The summed E-state index contributed by atoms with van der Waals surface area (Å²) in [4.78, 5) is 22.5. The van der Waals surface area contributed by atoms with Crippen LogP contribution in [0.3, 0.4) is 0 Å². The SMILES string of the molecule is CC(C)CNC(=O)C1CCC(C(=O)O)CC1. The molecule has 0 aromatic carbocycles. The maximum atomic E-state index is 11.7. The Labute approximate surface area is 96.4 Å². The van der Waals surface area contributed by atoms with Crippen LogP contribution in [0.4, 0.5) is 0 Å². The van der Waals surface area contributed by atoms with Gasteiger partial charge in [0.15, 0.2) is 0 Å². The van der Waals surface area contributed by atoms with Gasteiger partial charge in [-0.05, 0) is 31.6 Å². The van der Waals surface area contributed by atoms with Crippen LogP contribution in [0.1, 0.15) is 39.5 Å². The molecule has 1 amide bonds. The molecule has 16 heavy (non-hydrogen) atoms. The summed E-state index contributed by atoms with van der Waals surface area (Å²) in [6, 6.07) is 0. The fourth-order valence-corrected chi connectivity index (χ4v) is 2.05. The molecule has 1 fully saturated rings. The van der Waals surface area contributed by atoms with E-state index in [0.717, 1.165) is 0 Å². The lowest BCUT2D eigenvalue weighted by Gasteiger charge is -2.25. The number of hydrogen-bond acceptors (Lipinski definition) is 2. The van der Waals surface area contributed by atoms with Crippen LogP contribution in [-0.2, 0) is 9.59 Å². The maximum absolute atomic E-state index is 11.7. The summed E-state index contributed by atoms with van der Waals surface area (Å²) in [5.74, 6) is -0.388. The van der Waals surface area contributed by atoms with Gasteiger partial charge in [0.1, 0.15) is 0 Å². The van der Waals surface area contributed by atoms with E-state index < -0.39 is 5.97 Å². The van der Waals surface area contributed by atoms with Gasteiger partial charge in [-0.2, -0.15) is 0 Å². The molecule has 4 heteroatoms. The van der Waals surface area contributed by atoms with Crippen molar-refractivity contribution in [2.45, 2.75) is 39.5 Å². The molecule has 0 bridgehead atoms. The van der Waals surface area contributed by atoms with E-state index in [1.807, 2.05) is 0 Å². The highest BCUT2D eigenvalue weighted by Crippen LogP contribution is 2.28. The Hall–Kier alpha value is -1.06. The first-order valence-corrected chi connectivity index (χ1v) is 6.01. The molecule has 0 heterocycles. The molecular formula is C12H21NO3. The van der Waals surface area contributed by atoms with Crippen LogP contribution in [0.25, 0.3) is 0 Å². The minimum atomic E-state index is -0.721. The van der Waals surface area contributed by atoms with Gasteiger partial charge < -0.3 is 10.4 Å². The molecule has 0 radical (unpaired) electrons. The summed E-state index contributed by atoms with van der Waals surface area (Å²) in [7, 11) is 0. The molecule has 92 valence electrons. The van der Waals surface area contributed by atoms with Gasteiger partial charge in [-0.15, -0.1) is 0 Å². The highest BCUT2D eigenvalue weighted by molar-refractivity contribution is 5.79. The van der Waals surface area contributed by atoms with E-state index in [4.69, 9.17) is 5.11 Å². The number of carbonyl (C=O) groups excluding carboxylic acids is 1. The zero-order valence-electron chi connectivity index (χ0n) is 10.0. The van der Waals surface area contributed by atoms with Crippen LogP contribution in [0.5, 0.6) is 0 Å². The van der Waals surface area contributed by atoms with E-state index in [1.54, 1.807) is 0 Å². The van der Waals surface area contributed by atoms with Gasteiger partial charge in [0.05, 0.1) is 5.92 Å². The van der Waals surface area contributed by atoms with Gasteiger partial charge in [-0.3, -0.25) is 9.59 Å². The first-order valence-electron chi connectivity index (χ1n) is 6.01.